The van der Waals surface area contributed by atoms with Crippen LogP contribution in [0.5, 0.6) is 5.75 Å². The standard InChI is InChI=1S/C14H17N5O2/c1-4-21-12-6-5-10(7-11(12)15)13(20)17-14-16-8(2)9(3)18-19-14/h5-7H,4,15H2,1-3H3,(H,16,17,19,20). The van der Waals surface area contributed by atoms with Crippen LogP contribution in [0.1, 0.15) is 28.7 Å². The molecule has 3 N–H and O–H groups in total. The van der Waals surface area contributed by atoms with E-state index in [0.717, 1.165) is 5.69 Å². The second-order valence-corrected chi connectivity index (χ2v) is 4.45. The van der Waals surface area contributed by atoms with Crippen molar-refractivity contribution < 1.29 is 9.53 Å². The van der Waals surface area contributed by atoms with Gasteiger partial charge in [0.05, 0.1) is 23.7 Å². The van der Waals surface area contributed by atoms with Crippen LogP contribution in [-0.2, 0) is 0 Å². The molecule has 21 heavy (non-hydrogen) atoms. The molecule has 1 heterocycles. The number of rotatable bonds is 4. The van der Waals surface area contributed by atoms with Crippen LogP contribution in [0.4, 0.5) is 11.6 Å². The zero-order valence-electron chi connectivity index (χ0n) is 12.2. The van der Waals surface area contributed by atoms with Crippen LogP contribution < -0.4 is 15.8 Å². The summed E-state index contributed by atoms with van der Waals surface area (Å²) in [7, 11) is 0. The van der Waals surface area contributed by atoms with Gasteiger partial charge in [-0.3, -0.25) is 10.1 Å². The number of aromatic nitrogens is 3. The van der Waals surface area contributed by atoms with E-state index in [0.29, 0.717) is 29.3 Å². The van der Waals surface area contributed by atoms with E-state index in [1.807, 2.05) is 6.92 Å². The minimum atomic E-state index is -0.352. The highest BCUT2D eigenvalue weighted by Crippen LogP contribution is 2.22. The largest absolute Gasteiger partial charge is 0.492 e. The summed E-state index contributed by atoms with van der Waals surface area (Å²) in [5.41, 5.74) is 8.08. The monoisotopic (exact) mass is 287 g/mol. The lowest BCUT2D eigenvalue weighted by molar-refractivity contribution is 0.102. The average Bonchev–Trinajstić information content (AvgIpc) is 2.45. The van der Waals surface area contributed by atoms with Gasteiger partial charge in [0.25, 0.3) is 5.91 Å². The Balaban J connectivity index is 2.16. The molecule has 0 saturated carbocycles. The molecule has 7 nitrogen and oxygen atoms in total. The number of nitrogens with one attached hydrogen (secondary N) is 1. The third-order valence-corrected chi connectivity index (χ3v) is 2.89. The first-order chi connectivity index (χ1) is 10.0. The first-order valence-corrected chi connectivity index (χ1v) is 6.53. The number of nitrogens with zero attached hydrogens (tertiary/aromatic N) is 3. The van der Waals surface area contributed by atoms with E-state index in [1.54, 1.807) is 32.0 Å². The number of aryl methyl sites for hydroxylation is 2. The van der Waals surface area contributed by atoms with E-state index in [9.17, 15) is 4.79 Å². The summed E-state index contributed by atoms with van der Waals surface area (Å²) in [5.74, 6) is 0.364. The summed E-state index contributed by atoms with van der Waals surface area (Å²) in [4.78, 5) is 16.3. The first kappa shape index (κ1) is 14.7. The van der Waals surface area contributed by atoms with Crippen molar-refractivity contribution in [2.45, 2.75) is 20.8 Å². The third-order valence-electron chi connectivity index (χ3n) is 2.89. The van der Waals surface area contributed by atoms with Crippen LogP contribution in [-0.4, -0.2) is 27.7 Å². The Morgan fingerprint density at radius 1 is 1.29 bits per heavy atom. The first-order valence-electron chi connectivity index (χ1n) is 6.53. The Hall–Kier alpha value is -2.70. The normalized spacial score (nSPS) is 10.2. The zero-order valence-corrected chi connectivity index (χ0v) is 12.2. The molecule has 2 rings (SSSR count). The molecule has 0 fully saturated rings. The summed E-state index contributed by atoms with van der Waals surface area (Å²) in [5, 5.41) is 10.3. The smallest absolute Gasteiger partial charge is 0.258 e. The molecule has 1 aromatic heterocycles. The molecule has 0 aliphatic rings. The molecule has 0 aliphatic heterocycles. The fourth-order valence-electron chi connectivity index (χ4n) is 1.66. The molecule has 0 saturated heterocycles. The minimum absolute atomic E-state index is 0.163. The highest BCUT2D eigenvalue weighted by molar-refractivity contribution is 6.04. The van der Waals surface area contributed by atoms with Crippen LogP contribution in [0.2, 0.25) is 0 Å². The summed E-state index contributed by atoms with van der Waals surface area (Å²) >= 11 is 0. The van der Waals surface area contributed by atoms with Crippen molar-refractivity contribution in [1.82, 2.24) is 15.2 Å². The number of hydrogen-bond donors (Lipinski definition) is 2. The number of hydrogen-bond acceptors (Lipinski definition) is 6. The fraction of sp³-hybridized carbons (Fsp3) is 0.286. The number of amides is 1. The maximum Gasteiger partial charge on any atom is 0.258 e. The molecule has 7 heteroatoms. The Kier molecular flexibility index (Phi) is 4.32. The van der Waals surface area contributed by atoms with Gasteiger partial charge in [-0.05, 0) is 39.0 Å². The van der Waals surface area contributed by atoms with Gasteiger partial charge in [0.2, 0.25) is 5.95 Å². The SMILES string of the molecule is CCOc1ccc(C(=O)Nc2nnc(C)c(C)n2)cc1N. The van der Waals surface area contributed by atoms with E-state index >= 15 is 0 Å². The molecule has 2 aromatic rings. The summed E-state index contributed by atoms with van der Waals surface area (Å²) in [6.07, 6.45) is 0. The quantitative estimate of drug-likeness (QED) is 0.830. The number of ether oxygens (including phenoxy) is 1. The Morgan fingerprint density at radius 2 is 2.05 bits per heavy atom. The van der Waals surface area contributed by atoms with Crippen molar-refractivity contribution in [3.8, 4) is 5.75 Å². The lowest BCUT2D eigenvalue weighted by Crippen LogP contribution is -2.16. The molecule has 0 spiro atoms. The van der Waals surface area contributed by atoms with Gasteiger partial charge in [0.1, 0.15) is 5.75 Å². The molecule has 0 bridgehead atoms. The van der Waals surface area contributed by atoms with Crippen LogP contribution in [0.3, 0.4) is 0 Å². The van der Waals surface area contributed by atoms with Gasteiger partial charge < -0.3 is 10.5 Å². The van der Waals surface area contributed by atoms with Crippen LogP contribution >= 0.6 is 0 Å². The Morgan fingerprint density at radius 3 is 2.67 bits per heavy atom. The van der Waals surface area contributed by atoms with E-state index in [1.165, 1.54) is 0 Å². The van der Waals surface area contributed by atoms with Crippen molar-refractivity contribution in [2.24, 2.45) is 0 Å². The topological polar surface area (TPSA) is 103 Å². The fourth-order valence-corrected chi connectivity index (χ4v) is 1.66. The Bertz CT molecular complexity index is 672. The maximum atomic E-state index is 12.1. The molecular weight excluding hydrogens is 270 g/mol. The van der Waals surface area contributed by atoms with Gasteiger partial charge in [0, 0.05) is 5.56 Å². The predicted octanol–water partition coefficient (Wildman–Crippen LogP) is 1.72. The van der Waals surface area contributed by atoms with E-state index < -0.39 is 0 Å². The molecule has 0 aliphatic carbocycles. The van der Waals surface area contributed by atoms with Crippen molar-refractivity contribution in [1.29, 1.82) is 0 Å². The van der Waals surface area contributed by atoms with Gasteiger partial charge in [-0.1, -0.05) is 0 Å². The zero-order chi connectivity index (χ0) is 15.4. The number of anilines is 2. The van der Waals surface area contributed by atoms with Gasteiger partial charge in [0.15, 0.2) is 0 Å². The van der Waals surface area contributed by atoms with Gasteiger partial charge >= 0.3 is 0 Å². The number of benzene rings is 1. The van der Waals surface area contributed by atoms with Crippen LogP contribution in [0, 0.1) is 13.8 Å². The van der Waals surface area contributed by atoms with E-state index in [-0.39, 0.29) is 11.9 Å². The predicted molar refractivity (Wildman–Crippen MR) is 79.3 cm³/mol. The number of nitrogens with two attached hydrogens (primary N) is 1. The second-order valence-electron chi connectivity index (χ2n) is 4.45. The molecule has 0 unspecified atom stereocenters. The second kappa shape index (κ2) is 6.17. The Labute approximate surface area is 122 Å². The lowest BCUT2D eigenvalue weighted by Gasteiger charge is -2.09. The van der Waals surface area contributed by atoms with Crippen molar-refractivity contribution in [2.75, 3.05) is 17.7 Å². The minimum Gasteiger partial charge on any atom is -0.492 e. The summed E-state index contributed by atoms with van der Waals surface area (Å²) in [6, 6.07) is 4.84. The molecule has 0 radical (unpaired) electrons. The molecule has 110 valence electrons. The van der Waals surface area contributed by atoms with Gasteiger partial charge in [-0.2, -0.15) is 5.10 Å². The molecule has 1 amide bonds. The van der Waals surface area contributed by atoms with E-state index in [2.05, 4.69) is 20.5 Å². The van der Waals surface area contributed by atoms with Crippen molar-refractivity contribution in [3.05, 3.63) is 35.2 Å². The van der Waals surface area contributed by atoms with E-state index in [4.69, 9.17) is 10.5 Å². The van der Waals surface area contributed by atoms with Crippen LogP contribution in [0.25, 0.3) is 0 Å². The maximum absolute atomic E-state index is 12.1. The number of carbonyl (C=O) groups excluding carboxylic acids is 1. The lowest BCUT2D eigenvalue weighted by atomic mass is 10.2. The number of carbonyl (C=O) groups is 1. The van der Waals surface area contributed by atoms with Gasteiger partial charge in [-0.15, -0.1) is 5.10 Å². The van der Waals surface area contributed by atoms with Crippen molar-refractivity contribution in [3.63, 3.8) is 0 Å². The molecular formula is C14H17N5O2. The number of nitrogen functional groups attached to an aromatic ring is 1. The van der Waals surface area contributed by atoms with Gasteiger partial charge in [-0.25, -0.2) is 4.98 Å². The highest BCUT2D eigenvalue weighted by atomic mass is 16.5. The molecule has 1 aromatic carbocycles. The van der Waals surface area contributed by atoms with Crippen LogP contribution in [0.15, 0.2) is 18.2 Å². The summed E-state index contributed by atoms with van der Waals surface area (Å²) in [6.45, 7) is 5.98. The summed E-state index contributed by atoms with van der Waals surface area (Å²) < 4.78 is 5.33. The van der Waals surface area contributed by atoms with Crippen molar-refractivity contribution >= 4 is 17.5 Å². The average molecular weight is 287 g/mol. The highest BCUT2D eigenvalue weighted by Gasteiger charge is 2.11. The third kappa shape index (κ3) is 3.44. The molecule has 0 atom stereocenters.